The molecule has 0 radical (unpaired) electrons. The molecule has 0 bridgehead atoms. The van der Waals surface area contributed by atoms with E-state index < -0.39 is 5.97 Å². The molecule has 0 saturated carbocycles. The average molecular weight is 348 g/mol. The summed E-state index contributed by atoms with van der Waals surface area (Å²) in [5, 5.41) is 19.7. The lowest BCUT2D eigenvalue weighted by Gasteiger charge is -2.40. The Bertz CT molecular complexity index is 646. The normalized spacial score (nSPS) is 16.1. The van der Waals surface area contributed by atoms with Crippen LogP contribution in [0.1, 0.15) is 22.8 Å². The zero-order valence-corrected chi connectivity index (χ0v) is 14.7. The fourth-order valence-electron chi connectivity index (χ4n) is 2.89. The number of likely N-dealkylation sites (tertiary alicyclic amines) is 1. The maximum Gasteiger partial charge on any atom is 0.343 e. The number of carboxylic acid groups (broad SMARTS) is 1. The zero-order chi connectivity index (χ0) is 18.6. The van der Waals surface area contributed by atoms with E-state index in [4.69, 9.17) is 10.5 Å². The number of nitrogens with zero attached hydrogens (tertiary/aromatic N) is 1. The Labute approximate surface area is 148 Å². The first-order valence-electron chi connectivity index (χ1n) is 8.59. The van der Waals surface area contributed by atoms with Gasteiger partial charge in [-0.2, -0.15) is 0 Å². The van der Waals surface area contributed by atoms with Gasteiger partial charge in [0.05, 0.1) is 0 Å². The third-order valence-electron chi connectivity index (χ3n) is 4.47. The second-order valence-corrected chi connectivity index (χ2v) is 6.62. The molecular formula is C17H25BN2O5. The average Bonchev–Trinajstić information content (AvgIpc) is 2.51. The first-order valence-corrected chi connectivity index (χ1v) is 8.59. The number of aromatic carboxylic acids is 1. The summed E-state index contributed by atoms with van der Waals surface area (Å²) in [6.07, 6.45) is 1.34. The van der Waals surface area contributed by atoms with Crippen molar-refractivity contribution in [3.63, 3.8) is 0 Å². The van der Waals surface area contributed by atoms with Crippen molar-refractivity contribution >= 4 is 19.2 Å². The highest BCUT2D eigenvalue weighted by Gasteiger charge is 2.32. The fraction of sp³-hybridized carbons (Fsp3) is 0.529. The molecule has 1 saturated heterocycles. The number of benzene rings is 1. The number of aryl methyl sites for hydroxylation is 1. The Balaban J connectivity index is 2.02. The van der Waals surface area contributed by atoms with E-state index in [0.29, 0.717) is 31.6 Å². The summed E-state index contributed by atoms with van der Waals surface area (Å²) >= 11 is 0. The SMILES string of the molecule is CBCCc1ccc(OC2CN(CC(C)C(N)=O)C2)c(C(=O)O)c1O. The van der Waals surface area contributed by atoms with E-state index in [1.165, 1.54) is 0 Å². The molecule has 1 aromatic rings. The molecule has 1 aliphatic heterocycles. The number of hydrogen-bond acceptors (Lipinski definition) is 5. The van der Waals surface area contributed by atoms with Crippen molar-refractivity contribution in [3.05, 3.63) is 23.3 Å². The summed E-state index contributed by atoms with van der Waals surface area (Å²) in [7, 11) is 0.960. The van der Waals surface area contributed by atoms with Crippen LogP contribution in [0.2, 0.25) is 13.1 Å². The maximum atomic E-state index is 11.5. The van der Waals surface area contributed by atoms with Crippen molar-refractivity contribution in [2.24, 2.45) is 11.7 Å². The predicted octanol–water partition coefficient (Wildman–Crippen LogP) is 0.720. The number of aromatic hydroxyl groups is 1. The standard InChI is InChI=1S/C17H25BN2O5/c1-10(16(19)22)7-20-8-12(9-20)25-13-4-3-11(5-6-18-2)15(21)14(13)17(23)24/h3-4,10,12,18,21H,5-9H2,1-2H3,(H2,19,22)(H,23,24). The van der Waals surface area contributed by atoms with Crippen LogP contribution >= 0.6 is 0 Å². The Morgan fingerprint density at radius 1 is 1.44 bits per heavy atom. The van der Waals surface area contributed by atoms with Crippen molar-refractivity contribution in [1.29, 1.82) is 0 Å². The molecule has 1 fully saturated rings. The van der Waals surface area contributed by atoms with Gasteiger partial charge in [-0.3, -0.25) is 9.69 Å². The molecule has 1 aliphatic rings. The van der Waals surface area contributed by atoms with Crippen LogP contribution in [0, 0.1) is 5.92 Å². The van der Waals surface area contributed by atoms with Gasteiger partial charge < -0.3 is 20.7 Å². The Kier molecular flexibility index (Phi) is 6.30. The summed E-state index contributed by atoms with van der Waals surface area (Å²) in [5.41, 5.74) is 5.69. The minimum atomic E-state index is -1.20. The van der Waals surface area contributed by atoms with E-state index in [1.54, 1.807) is 19.1 Å². The highest BCUT2D eigenvalue weighted by molar-refractivity contribution is 6.33. The highest BCUT2D eigenvalue weighted by Crippen LogP contribution is 2.33. The lowest BCUT2D eigenvalue weighted by Crippen LogP contribution is -2.55. The molecule has 0 spiro atoms. The van der Waals surface area contributed by atoms with Gasteiger partial charge in [-0.25, -0.2) is 4.79 Å². The number of phenols is 1. The van der Waals surface area contributed by atoms with E-state index >= 15 is 0 Å². The van der Waals surface area contributed by atoms with Gasteiger partial charge in [0.2, 0.25) is 5.91 Å². The zero-order valence-electron chi connectivity index (χ0n) is 14.7. The van der Waals surface area contributed by atoms with Crippen LogP contribution in [0.3, 0.4) is 0 Å². The second-order valence-electron chi connectivity index (χ2n) is 6.62. The minimum Gasteiger partial charge on any atom is -0.507 e. The van der Waals surface area contributed by atoms with Crippen molar-refractivity contribution in [2.75, 3.05) is 19.6 Å². The number of carboxylic acids is 1. The molecule has 25 heavy (non-hydrogen) atoms. The molecular weight excluding hydrogens is 323 g/mol. The quantitative estimate of drug-likeness (QED) is 0.567. The van der Waals surface area contributed by atoms with E-state index in [0.717, 1.165) is 13.6 Å². The van der Waals surface area contributed by atoms with Gasteiger partial charge >= 0.3 is 5.97 Å². The molecule has 1 unspecified atom stereocenters. The number of amides is 1. The van der Waals surface area contributed by atoms with Crippen LogP contribution in [-0.4, -0.2) is 60.0 Å². The number of primary amides is 1. The number of carbonyl (C=O) groups excluding carboxylic acids is 1. The van der Waals surface area contributed by atoms with Crippen LogP contribution in [0.5, 0.6) is 11.5 Å². The monoisotopic (exact) mass is 348 g/mol. The molecule has 8 heteroatoms. The summed E-state index contributed by atoms with van der Waals surface area (Å²) in [6.45, 7) is 5.55. The molecule has 1 aromatic carbocycles. The fourth-order valence-corrected chi connectivity index (χ4v) is 2.89. The Hall–Kier alpha value is -2.22. The summed E-state index contributed by atoms with van der Waals surface area (Å²) < 4.78 is 5.76. The molecule has 1 atom stereocenters. The number of carbonyl (C=O) groups is 2. The second kappa shape index (κ2) is 8.25. The van der Waals surface area contributed by atoms with Gasteiger partial charge in [0.25, 0.3) is 0 Å². The molecule has 1 amide bonds. The van der Waals surface area contributed by atoms with E-state index in [2.05, 4.69) is 0 Å². The van der Waals surface area contributed by atoms with Crippen LogP contribution in [0.25, 0.3) is 0 Å². The van der Waals surface area contributed by atoms with Gasteiger partial charge in [-0.1, -0.05) is 26.1 Å². The van der Waals surface area contributed by atoms with Crippen LogP contribution in [0.15, 0.2) is 12.1 Å². The van der Waals surface area contributed by atoms with E-state index in [-0.39, 0.29) is 35.0 Å². The molecule has 7 nitrogen and oxygen atoms in total. The number of rotatable bonds is 9. The van der Waals surface area contributed by atoms with Gasteiger partial charge in [-0.05, 0) is 18.1 Å². The first-order chi connectivity index (χ1) is 11.8. The van der Waals surface area contributed by atoms with Gasteiger partial charge in [-0.15, -0.1) is 0 Å². The summed E-state index contributed by atoms with van der Waals surface area (Å²) in [6, 6.07) is 3.33. The molecule has 0 aliphatic carbocycles. The van der Waals surface area contributed by atoms with Crippen LogP contribution < -0.4 is 10.5 Å². The minimum absolute atomic E-state index is 0.168. The predicted molar refractivity (Wildman–Crippen MR) is 95.8 cm³/mol. The molecule has 1 heterocycles. The van der Waals surface area contributed by atoms with Gasteiger partial charge in [0.15, 0.2) is 0 Å². The topological polar surface area (TPSA) is 113 Å². The van der Waals surface area contributed by atoms with Crippen molar-refractivity contribution in [2.45, 2.75) is 32.6 Å². The lowest BCUT2D eigenvalue weighted by atomic mass is 9.75. The van der Waals surface area contributed by atoms with Crippen LogP contribution in [-0.2, 0) is 11.2 Å². The third-order valence-corrected chi connectivity index (χ3v) is 4.47. The van der Waals surface area contributed by atoms with E-state index in [1.807, 2.05) is 11.7 Å². The van der Waals surface area contributed by atoms with Crippen molar-refractivity contribution in [1.82, 2.24) is 4.90 Å². The maximum absolute atomic E-state index is 11.5. The highest BCUT2D eigenvalue weighted by atomic mass is 16.5. The largest absolute Gasteiger partial charge is 0.507 e. The molecule has 2 rings (SSSR count). The first kappa shape index (κ1) is 19.1. The van der Waals surface area contributed by atoms with E-state index in [9.17, 15) is 19.8 Å². The summed E-state index contributed by atoms with van der Waals surface area (Å²) in [5.74, 6) is -1.82. The van der Waals surface area contributed by atoms with Crippen molar-refractivity contribution < 1.29 is 24.5 Å². The number of nitrogens with two attached hydrogens (primary N) is 1. The summed E-state index contributed by atoms with van der Waals surface area (Å²) in [4.78, 5) is 24.6. The number of hydrogen-bond donors (Lipinski definition) is 3. The Morgan fingerprint density at radius 3 is 2.68 bits per heavy atom. The molecule has 4 N–H and O–H groups in total. The molecule has 136 valence electrons. The molecule has 0 aromatic heterocycles. The smallest absolute Gasteiger partial charge is 0.343 e. The third kappa shape index (κ3) is 4.66. The van der Waals surface area contributed by atoms with Gasteiger partial charge in [0, 0.05) is 25.6 Å². The van der Waals surface area contributed by atoms with Crippen LogP contribution in [0.4, 0.5) is 0 Å². The van der Waals surface area contributed by atoms with Gasteiger partial charge in [0.1, 0.15) is 30.4 Å². The lowest BCUT2D eigenvalue weighted by molar-refractivity contribution is -0.122. The number of ether oxygens (including phenoxy) is 1. The Morgan fingerprint density at radius 2 is 2.12 bits per heavy atom. The van der Waals surface area contributed by atoms with Crippen molar-refractivity contribution in [3.8, 4) is 11.5 Å².